The van der Waals surface area contributed by atoms with E-state index in [1.165, 1.54) is 24.0 Å². The quantitative estimate of drug-likeness (QED) is 0.452. The van der Waals surface area contributed by atoms with Crippen molar-refractivity contribution in [3.8, 4) is 0 Å². The SMILES string of the molecule is Cc1cc(C)cc(NC(N)=NCC(C)N(C)C2CC2)c1.I. The van der Waals surface area contributed by atoms with Gasteiger partial charge in [0, 0.05) is 17.8 Å². The smallest absolute Gasteiger partial charge is 0.193 e. The lowest BCUT2D eigenvalue weighted by Gasteiger charge is -2.22. The van der Waals surface area contributed by atoms with Gasteiger partial charge in [0.15, 0.2) is 5.96 Å². The topological polar surface area (TPSA) is 53.6 Å². The van der Waals surface area contributed by atoms with Gasteiger partial charge in [-0.05, 0) is 63.9 Å². The van der Waals surface area contributed by atoms with Crippen molar-refractivity contribution < 1.29 is 0 Å². The summed E-state index contributed by atoms with van der Waals surface area (Å²) in [6.07, 6.45) is 2.64. The van der Waals surface area contributed by atoms with Gasteiger partial charge in [0.05, 0.1) is 6.54 Å². The summed E-state index contributed by atoms with van der Waals surface area (Å²) >= 11 is 0. The number of hydrogen-bond donors (Lipinski definition) is 2. The summed E-state index contributed by atoms with van der Waals surface area (Å²) in [5.74, 6) is 0.492. The summed E-state index contributed by atoms with van der Waals surface area (Å²) in [7, 11) is 2.17. The van der Waals surface area contributed by atoms with E-state index in [2.05, 4.69) is 61.2 Å². The van der Waals surface area contributed by atoms with Gasteiger partial charge in [-0.1, -0.05) is 6.07 Å². The molecule has 0 aliphatic heterocycles. The van der Waals surface area contributed by atoms with Gasteiger partial charge in [-0.25, -0.2) is 0 Å². The van der Waals surface area contributed by atoms with E-state index in [0.717, 1.165) is 18.3 Å². The number of hydrogen-bond acceptors (Lipinski definition) is 2. The molecule has 3 N–H and O–H groups in total. The molecule has 2 rings (SSSR count). The third-order valence-electron chi connectivity index (χ3n) is 3.84. The molecule has 1 aliphatic rings. The van der Waals surface area contributed by atoms with Crippen molar-refractivity contribution in [1.29, 1.82) is 0 Å². The van der Waals surface area contributed by atoms with Crippen molar-refractivity contribution in [3.05, 3.63) is 29.3 Å². The minimum Gasteiger partial charge on any atom is -0.370 e. The van der Waals surface area contributed by atoms with Crippen LogP contribution in [-0.4, -0.2) is 36.5 Å². The lowest BCUT2D eigenvalue weighted by atomic mass is 10.1. The molecule has 1 saturated carbocycles. The van der Waals surface area contributed by atoms with Gasteiger partial charge < -0.3 is 11.1 Å². The van der Waals surface area contributed by atoms with Crippen LogP contribution in [0, 0.1) is 13.8 Å². The zero-order chi connectivity index (χ0) is 14.7. The standard InChI is InChI=1S/C16H26N4.HI/c1-11-7-12(2)9-14(8-11)19-16(17)18-10-13(3)20(4)15-5-6-15;/h7-9,13,15H,5-6,10H2,1-4H3,(H3,17,18,19);1H. The van der Waals surface area contributed by atoms with E-state index in [0.29, 0.717) is 12.0 Å². The number of anilines is 1. The molecule has 5 heteroatoms. The number of aliphatic imine (C=N–C) groups is 1. The average Bonchev–Trinajstić information content (AvgIpc) is 3.17. The minimum atomic E-state index is 0. The maximum atomic E-state index is 5.97. The van der Waals surface area contributed by atoms with Crippen LogP contribution in [0.4, 0.5) is 5.69 Å². The number of nitrogens with two attached hydrogens (primary N) is 1. The fourth-order valence-corrected chi connectivity index (χ4v) is 2.44. The van der Waals surface area contributed by atoms with E-state index in [-0.39, 0.29) is 24.0 Å². The Hall–Kier alpha value is -0.820. The normalized spacial score (nSPS) is 16.5. The van der Waals surface area contributed by atoms with Gasteiger partial charge in [0.25, 0.3) is 0 Å². The molecule has 1 unspecified atom stereocenters. The molecule has 0 heterocycles. The van der Waals surface area contributed by atoms with Gasteiger partial charge in [-0.3, -0.25) is 9.89 Å². The molecule has 0 amide bonds. The van der Waals surface area contributed by atoms with Crippen LogP contribution in [0.5, 0.6) is 0 Å². The maximum absolute atomic E-state index is 5.97. The van der Waals surface area contributed by atoms with E-state index in [1.807, 2.05) is 0 Å². The number of likely N-dealkylation sites (N-methyl/N-ethyl adjacent to an activating group) is 1. The lowest BCUT2D eigenvalue weighted by molar-refractivity contribution is 0.253. The number of nitrogens with zero attached hydrogens (tertiary/aromatic N) is 2. The van der Waals surface area contributed by atoms with Gasteiger partial charge in [0.1, 0.15) is 0 Å². The largest absolute Gasteiger partial charge is 0.370 e. The molecule has 118 valence electrons. The van der Waals surface area contributed by atoms with E-state index < -0.39 is 0 Å². The third-order valence-corrected chi connectivity index (χ3v) is 3.84. The van der Waals surface area contributed by atoms with Crippen LogP contribution in [0.3, 0.4) is 0 Å². The highest BCUT2D eigenvalue weighted by atomic mass is 127. The van der Waals surface area contributed by atoms with E-state index in [4.69, 9.17) is 5.73 Å². The summed E-state index contributed by atoms with van der Waals surface area (Å²) in [5, 5.41) is 3.17. The molecule has 0 saturated heterocycles. The van der Waals surface area contributed by atoms with Crippen LogP contribution in [0.2, 0.25) is 0 Å². The Balaban J connectivity index is 0.00000220. The Morgan fingerprint density at radius 1 is 1.33 bits per heavy atom. The first-order chi connectivity index (χ1) is 9.45. The molecule has 1 aliphatic carbocycles. The first kappa shape index (κ1) is 18.2. The average molecular weight is 402 g/mol. The van der Waals surface area contributed by atoms with E-state index in [9.17, 15) is 0 Å². The molecule has 21 heavy (non-hydrogen) atoms. The molecular weight excluding hydrogens is 375 g/mol. The first-order valence-corrected chi connectivity index (χ1v) is 7.33. The second-order valence-electron chi connectivity index (χ2n) is 5.97. The summed E-state index contributed by atoms with van der Waals surface area (Å²) in [4.78, 5) is 6.85. The number of nitrogens with one attached hydrogen (secondary N) is 1. The fraction of sp³-hybridized carbons (Fsp3) is 0.562. The van der Waals surface area contributed by atoms with Crippen molar-refractivity contribution in [2.24, 2.45) is 10.7 Å². The molecular formula is C16H27IN4. The Morgan fingerprint density at radius 2 is 1.90 bits per heavy atom. The van der Waals surface area contributed by atoms with Gasteiger partial charge in [-0.15, -0.1) is 24.0 Å². The van der Waals surface area contributed by atoms with E-state index in [1.54, 1.807) is 0 Å². The highest BCUT2D eigenvalue weighted by molar-refractivity contribution is 14.0. The van der Waals surface area contributed by atoms with Gasteiger partial charge in [0.2, 0.25) is 0 Å². The second kappa shape index (κ2) is 7.98. The molecule has 0 bridgehead atoms. The summed E-state index contributed by atoms with van der Waals surface area (Å²) < 4.78 is 0. The lowest BCUT2D eigenvalue weighted by Crippen LogP contribution is -2.34. The van der Waals surface area contributed by atoms with Crippen LogP contribution in [0.15, 0.2) is 23.2 Å². The second-order valence-corrected chi connectivity index (χ2v) is 5.97. The van der Waals surface area contributed by atoms with Crippen molar-refractivity contribution in [1.82, 2.24) is 4.90 Å². The molecule has 0 aromatic heterocycles. The number of aryl methyl sites for hydroxylation is 2. The number of guanidine groups is 1. The van der Waals surface area contributed by atoms with Gasteiger partial charge >= 0.3 is 0 Å². The van der Waals surface area contributed by atoms with Crippen LogP contribution in [0.25, 0.3) is 0 Å². The fourth-order valence-electron chi connectivity index (χ4n) is 2.44. The third kappa shape index (κ3) is 5.82. The minimum absolute atomic E-state index is 0. The summed E-state index contributed by atoms with van der Waals surface area (Å²) in [5.41, 5.74) is 9.42. The van der Waals surface area contributed by atoms with Crippen molar-refractivity contribution in [2.45, 2.75) is 45.7 Å². The molecule has 4 nitrogen and oxygen atoms in total. The van der Waals surface area contributed by atoms with Gasteiger partial charge in [-0.2, -0.15) is 0 Å². The Kier molecular flexibility index (Phi) is 6.93. The summed E-state index contributed by atoms with van der Waals surface area (Å²) in [6, 6.07) is 7.49. The molecule has 0 spiro atoms. The number of benzene rings is 1. The molecule has 1 atom stereocenters. The highest BCUT2D eigenvalue weighted by Crippen LogP contribution is 2.26. The summed E-state index contributed by atoms with van der Waals surface area (Å²) in [6.45, 7) is 7.10. The monoisotopic (exact) mass is 402 g/mol. The maximum Gasteiger partial charge on any atom is 0.193 e. The molecule has 1 fully saturated rings. The Bertz CT molecular complexity index is 477. The Morgan fingerprint density at radius 3 is 2.43 bits per heavy atom. The van der Waals surface area contributed by atoms with Crippen LogP contribution < -0.4 is 11.1 Å². The molecule has 1 aromatic rings. The highest BCUT2D eigenvalue weighted by Gasteiger charge is 2.28. The zero-order valence-electron chi connectivity index (χ0n) is 13.4. The van der Waals surface area contributed by atoms with Crippen LogP contribution in [-0.2, 0) is 0 Å². The van der Waals surface area contributed by atoms with Crippen LogP contribution >= 0.6 is 24.0 Å². The van der Waals surface area contributed by atoms with Crippen molar-refractivity contribution in [3.63, 3.8) is 0 Å². The predicted octanol–water partition coefficient (Wildman–Crippen LogP) is 3.13. The van der Waals surface area contributed by atoms with Crippen LogP contribution in [0.1, 0.15) is 30.9 Å². The predicted molar refractivity (Wildman–Crippen MR) is 102 cm³/mol. The number of halogens is 1. The van der Waals surface area contributed by atoms with E-state index >= 15 is 0 Å². The zero-order valence-corrected chi connectivity index (χ0v) is 15.7. The Labute approximate surface area is 145 Å². The number of rotatable bonds is 5. The molecule has 1 aromatic carbocycles. The van der Waals surface area contributed by atoms with Crippen molar-refractivity contribution in [2.75, 3.05) is 18.9 Å². The molecule has 0 radical (unpaired) electrons. The first-order valence-electron chi connectivity index (χ1n) is 7.33. The van der Waals surface area contributed by atoms with Crippen molar-refractivity contribution >= 4 is 35.6 Å².